The van der Waals surface area contributed by atoms with Crippen LogP contribution in [0.15, 0.2) is 12.3 Å². The smallest absolute Gasteiger partial charge is 0.289 e. The molecule has 1 aliphatic heterocycles. The summed E-state index contributed by atoms with van der Waals surface area (Å²) in [7, 11) is 0. The van der Waals surface area contributed by atoms with E-state index in [-0.39, 0.29) is 5.69 Å². The maximum atomic E-state index is 10.7. The van der Waals surface area contributed by atoms with Crippen LogP contribution in [0.2, 0.25) is 5.02 Å². The molecule has 0 N–H and O–H groups in total. The second-order valence-corrected chi connectivity index (χ2v) is 6.76. The van der Waals surface area contributed by atoms with Crippen molar-refractivity contribution in [1.82, 2.24) is 4.98 Å². The minimum absolute atomic E-state index is 0.0620. The van der Waals surface area contributed by atoms with Crippen molar-refractivity contribution in [1.29, 1.82) is 0 Å². The van der Waals surface area contributed by atoms with E-state index in [1.807, 2.05) is 11.8 Å². The van der Waals surface area contributed by atoms with Gasteiger partial charge >= 0.3 is 0 Å². The minimum Gasteiger partial charge on any atom is -0.354 e. The first-order valence-electron chi connectivity index (χ1n) is 6.78. The Labute approximate surface area is 127 Å². The van der Waals surface area contributed by atoms with Crippen LogP contribution in [-0.2, 0) is 0 Å². The summed E-state index contributed by atoms with van der Waals surface area (Å²) in [6, 6.07) is 1.39. The van der Waals surface area contributed by atoms with Gasteiger partial charge in [-0.1, -0.05) is 24.9 Å². The fraction of sp³-hybridized carbons (Fsp3) is 0.615. The number of rotatable bonds is 4. The van der Waals surface area contributed by atoms with Crippen LogP contribution in [0.25, 0.3) is 0 Å². The van der Waals surface area contributed by atoms with Crippen LogP contribution in [0.3, 0.4) is 0 Å². The van der Waals surface area contributed by atoms with Gasteiger partial charge in [0.15, 0.2) is 0 Å². The molecule has 7 heteroatoms. The van der Waals surface area contributed by atoms with Gasteiger partial charge in [0.25, 0.3) is 5.69 Å². The quantitative estimate of drug-likeness (QED) is 0.625. The Hall–Kier alpha value is -1.01. The lowest BCUT2D eigenvalue weighted by atomic mass is 10.2. The number of aromatic nitrogens is 1. The average molecular weight is 316 g/mol. The Morgan fingerprint density at radius 2 is 2.40 bits per heavy atom. The van der Waals surface area contributed by atoms with Crippen LogP contribution in [-0.4, -0.2) is 34.0 Å². The number of thioether (sulfide) groups is 1. The van der Waals surface area contributed by atoms with Gasteiger partial charge in [0.05, 0.1) is 9.95 Å². The molecule has 1 aromatic heterocycles. The van der Waals surface area contributed by atoms with Crippen molar-refractivity contribution < 1.29 is 4.92 Å². The normalized spacial score (nSPS) is 19.7. The van der Waals surface area contributed by atoms with Crippen LogP contribution >= 0.6 is 23.4 Å². The van der Waals surface area contributed by atoms with E-state index in [1.54, 1.807) is 0 Å². The summed E-state index contributed by atoms with van der Waals surface area (Å²) in [6.07, 6.45) is 4.81. The maximum Gasteiger partial charge on any atom is 0.289 e. The van der Waals surface area contributed by atoms with E-state index in [4.69, 9.17) is 11.6 Å². The summed E-state index contributed by atoms with van der Waals surface area (Å²) in [5.74, 6) is 1.76. The lowest BCUT2D eigenvalue weighted by molar-refractivity contribution is -0.385. The molecule has 0 spiro atoms. The van der Waals surface area contributed by atoms with Gasteiger partial charge in [-0.15, -0.1) is 0 Å². The summed E-state index contributed by atoms with van der Waals surface area (Å²) in [5, 5.41) is 11.7. The van der Waals surface area contributed by atoms with Crippen molar-refractivity contribution in [3.05, 3.63) is 27.4 Å². The van der Waals surface area contributed by atoms with Crippen LogP contribution < -0.4 is 4.90 Å². The summed E-state index contributed by atoms with van der Waals surface area (Å²) in [5.41, 5.74) is -0.0620. The highest BCUT2D eigenvalue weighted by Gasteiger charge is 2.22. The van der Waals surface area contributed by atoms with Crippen molar-refractivity contribution in [3.63, 3.8) is 0 Å². The van der Waals surface area contributed by atoms with Crippen LogP contribution in [0.4, 0.5) is 11.5 Å². The molecule has 5 nitrogen and oxygen atoms in total. The molecule has 0 aliphatic carbocycles. The highest BCUT2D eigenvalue weighted by molar-refractivity contribution is 7.99. The van der Waals surface area contributed by atoms with Gasteiger partial charge < -0.3 is 4.90 Å². The molecule has 20 heavy (non-hydrogen) atoms. The summed E-state index contributed by atoms with van der Waals surface area (Å²) in [4.78, 5) is 16.6. The molecule has 1 fully saturated rings. The zero-order chi connectivity index (χ0) is 14.5. The predicted molar refractivity (Wildman–Crippen MR) is 83.9 cm³/mol. The van der Waals surface area contributed by atoms with E-state index in [1.165, 1.54) is 25.1 Å². The third kappa shape index (κ3) is 3.76. The highest BCUT2D eigenvalue weighted by atomic mass is 35.5. The Bertz CT molecular complexity index is 487. The number of pyridine rings is 1. The molecule has 1 aliphatic rings. The topological polar surface area (TPSA) is 59.3 Å². The van der Waals surface area contributed by atoms with Crippen molar-refractivity contribution in [2.24, 2.45) is 0 Å². The molecule has 2 heterocycles. The maximum absolute atomic E-state index is 10.7. The SMILES string of the molecule is CCSC1CCCCN(c2ncc([N+](=O)[O-])cc2Cl)C1. The number of halogens is 1. The van der Waals surface area contributed by atoms with Crippen molar-refractivity contribution in [2.45, 2.75) is 31.4 Å². The van der Waals surface area contributed by atoms with Gasteiger partial charge in [-0.2, -0.15) is 11.8 Å². The molecule has 0 bridgehead atoms. The van der Waals surface area contributed by atoms with E-state index >= 15 is 0 Å². The predicted octanol–water partition coefficient (Wildman–Crippen LogP) is 3.76. The zero-order valence-corrected chi connectivity index (χ0v) is 13.0. The zero-order valence-electron chi connectivity index (χ0n) is 11.4. The van der Waals surface area contributed by atoms with Gasteiger partial charge in [-0.05, 0) is 18.6 Å². The lowest BCUT2D eigenvalue weighted by Gasteiger charge is -2.25. The van der Waals surface area contributed by atoms with E-state index in [0.29, 0.717) is 16.1 Å². The van der Waals surface area contributed by atoms with Crippen molar-refractivity contribution in [2.75, 3.05) is 23.7 Å². The Balaban J connectivity index is 2.18. The second kappa shape index (κ2) is 7.13. The standard InChI is InChI=1S/C13H18ClN3O2S/c1-2-20-11-5-3-4-6-16(9-11)13-12(14)7-10(8-15-13)17(18)19/h7-8,11H,2-6,9H2,1H3. The summed E-state index contributed by atoms with van der Waals surface area (Å²) in [6.45, 7) is 3.98. The van der Waals surface area contributed by atoms with E-state index in [0.717, 1.165) is 25.3 Å². The fourth-order valence-electron chi connectivity index (χ4n) is 2.42. The molecule has 1 saturated heterocycles. The Kier molecular flexibility index (Phi) is 5.48. The molecule has 0 radical (unpaired) electrons. The monoisotopic (exact) mass is 315 g/mol. The third-order valence-corrected chi connectivity index (χ3v) is 4.82. The molecule has 0 saturated carbocycles. The van der Waals surface area contributed by atoms with Gasteiger partial charge in [0.2, 0.25) is 0 Å². The molecular weight excluding hydrogens is 298 g/mol. The minimum atomic E-state index is -0.471. The molecule has 110 valence electrons. The Morgan fingerprint density at radius 1 is 1.60 bits per heavy atom. The van der Waals surface area contributed by atoms with Crippen molar-refractivity contribution in [3.8, 4) is 0 Å². The van der Waals surface area contributed by atoms with E-state index < -0.39 is 4.92 Å². The summed E-state index contributed by atoms with van der Waals surface area (Å²) < 4.78 is 0. The highest BCUT2D eigenvalue weighted by Crippen LogP contribution is 2.30. The first kappa shape index (κ1) is 15.4. The van der Waals surface area contributed by atoms with Crippen molar-refractivity contribution >= 4 is 34.9 Å². The first-order chi connectivity index (χ1) is 9.61. The largest absolute Gasteiger partial charge is 0.354 e. The number of anilines is 1. The third-order valence-electron chi connectivity index (χ3n) is 3.35. The average Bonchev–Trinajstić information content (AvgIpc) is 2.64. The number of hydrogen-bond acceptors (Lipinski definition) is 5. The number of nitro groups is 1. The molecule has 0 aromatic carbocycles. The van der Waals surface area contributed by atoms with Gasteiger partial charge in [-0.3, -0.25) is 10.1 Å². The van der Waals surface area contributed by atoms with Crippen LogP contribution in [0.5, 0.6) is 0 Å². The molecule has 0 amide bonds. The van der Waals surface area contributed by atoms with E-state index in [2.05, 4.69) is 16.8 Å². The fourth-order valence-corrected chi connectivity index (χ4v) is 3.79. The van der Waals surface area contributed by atoms with E-state index in [9.17, 15) is 10.1 Å². The molecule has 1 unspecified atom stereocenters. The lowest BCUT2D eigenvalue weighted by Crippen LogP contribution is -2.30. The van der Waals surface area contributed by atoms with Crippen LogP contribution in [0, 0.1) is 10.1 Å². The first-order valence-corrected chi connectivity index (χ1v) is 8.21. The van der Waals surface area contributed by atoms with Gasteiger partial charge in [-0.25, -0.2) is 4.98 Å². The molecule has 1 aromatic rings. The number of hydrogen-bond donors (Lipinski definition) is 0. The molecule has 2 rings (SSSR count). The van der Waals surface area contributed by atoms with Gasteiger partial charge in [0, 0.05) is 24.4 Å². The van der Waals surface area contributed by atoms with Crippen LogP contribution in [0.1, 0.15) is 26.2 Å². The Morgan fingerprint density at radius 3 is 3.05 bits per heavy atom. The summed E-state index contributed by atoms with van der Waals surface area (Å²) >= 11 is 8.13. The molecule has 1 atom stereocenters. The second-order valence-electron chi connectivity index (χ2n) is 4.78. The van der Waals surface area contributed by atoms with Gasteiger partial charge in [0.1, 0.15) is 12.0 Å². The number of nitrogens with zero attached hydrogens (tertiary/aromatic N) is 3. The molecular formula is C13H18ClN3O2S.